The van der Waals surface area contributed by atoms with Crippen molar-refractivity contribution in [2.45, 2.75) is 25.4 Å². The van der Waals surface area contributed by atoms with Crippen LogP contribution in [0.2, 0.25) is 0 Å². The first-order valence-electron chi connectivity index (χ1n) is 6.51. The van der Waals surface area contributed by atoms with Crippen LogP contribution >= 0.6 is 27.7 Å². The summed E-state index contributed by atoms with van der Waals surface area (Å²) in [7, 11) is 0. The molecule has 19 heavy (non-hydrogen) atoms. The lowest BCUT2D eigenvalue weighted by Crippen LogP contribution is -2.41. The van der Waals surface area contributed by atoms with Crippen LogP contribution in [0.15, 0.2) is 28.7 Å². The summed E-state index contributed by atoms with van der Waals surface area (Å²) < 4.78 is 1.04. The van der Waals surface area contributed by atoms with Crippen LogP contribution < -0.4 is 10.6 Å². The molecule has 2 rings (SSSR count). The van der Waals surface area contributed by atoms with Gasteiger partial charge in [-0.2, -0.15) is 11.8 Å². The molecule has 0 radical (unpaired) electrons. The molecule has 0 spiro atoms. The number of nitrogens with one attached hydrogen (secondary N) is 2. The third-order valence-corrected chi connectivity index (χ3v) is 4.78. The molecule has 3 nitrogen and oxygen atoms in total. The second-order valence-corrected chi connectivity index (χ2v) is 6.84. The van der Waals surface area contributed by atoms with Crippen molar-refractivity contribution >= 4 is 33.6 Å². The molecule has 1 fully saturated rings. The van der Waals surface area contributed by atoms with Gasteiger partial charge < -0.3 is 10.6 Å². The second kappa shape index (κ2) is 7.31. The summed E-state index contributed by atoms with van der Waals surface area (Å²) in [6.07, 6.45) is 0.561. The van der Waals surface area contributed by atoms with Crippen molar-refractivity contribution in [2.24, 2.45) is 0 Å². The lowest BCUT2D eigenvalue weighted by atomic mass is 10.1. The Labute approximate surface area is 127 Å². The Morgan fingerprint density at radius 3 is 3.16 bits per heavy atom. The highest BCUT2D eigenvalue weighted by Gasteiger charge is 2.18. The Balaban J connectivity index is 1.84. The fourth-order valence-electron chi connectivity index (χ4n) is 2.13. The summed E-state index contributed by atoms with van der Waals surface area (Å²) in [6.45, 7) is 3.02. The van der Waals surface area contributed by atoms with E-state index in [2.05, 4.69) is 26.6 Å². The molecule has 104 valence electrons. The Kier molecular flexibility index (Phi) is 5.73. The average molecular weight is 343 g/mol. The van der Waals surface area contributed by atoms with Crippen LogP contribution in [-0.2, 0) is 4.79 Å². The van der Waals surface area contributed by atoms with Crippen LogP contribution in [0.4, 0.5) is 0 Å². The van der Waals surface area contributed by atoms with Gasteiger partial charge in [0.15, 0.2) is 0 Å². The minimum absolute atomic E-state index is 0.0428. The molecule has 0 bridgehead atoms. The predicted molar refractivity (Wildman–Crippen MR) is 84.4 cm³/mol. The molecule has 1 saturated heterocycles. The van der Waals surface area contributed by atoms with Gasteiger partial charge in [-0.15, -0.1) is 0 Å². The van der Waals surface area contributed by atoms with E-state index >= 15 is 0 Å². The number of hydrogen-bond acceptors (Lipinski definition) is 3. The molecule has 2 atom stereocenters. The third-order valence-electron chi connectivity index (χ3n) is 3.16. The van der Waals surface area contributed by atoms with Gasteiger partial charge in [-0.05, 0) is 24.6 Å². The van der Waals surface area contributed by atoms with E-state index in [1.165, 1.54) is 0 Å². The largest absolute Gasteiger partial charge is 0.350 e. The average Bonchev–Trinajstić information content (AvgIpc) is 2.39. The first-order valence-corrected chi connectivity index (χ1v) is 8.46. The minimum atomic E-state index is 0.0428. The Morgan fingerprint density at radius 2 is 2.47 bits per heavy atom. The van der Waals surface area contributed by atoms with Gasteiger partial charge in [0.1, 0.15) is 0 Å². The van der Waals surface area contributed by atoms with Gasteiger partial charge in [0.2, 0.25) is 5.91 Å². The van der Waals surface area contributed by atoms with Gasteiger partial charge in [-0.1, -0.05) is 28.1 Å². The van der Waals surface area contributed by atoms with E-state index in [1.807, 2.05) is 43.0 Å². The smallest absolute Gasteiger partial charge is 0.222 e. The summed E-state index contributed by atoms with van der Waals surface area (Å²) in [5, 5.41) is 6.44. The maximum absolute atomic E-state index is 12.0. The molecule has 1 aromatic rings. The summed E-state index contributed by atoms with van der Waals surface area (Å²) >= 11 is 5.36. The summed E-state index contributed by atoms with van der Waals surface area (Å²) in [5.74, 6) is 2.29. The Bertz CT molecular complexity index is 435. The van der Waals surface area contributed by atoms with Crippen molar-refractivity contribution in [1.82, 2.24) is 10.6 Å². The molecule has 1 aromatic carbocycles. The highest BCUT2D eigenvalue weighted by Crippen LogP contribution is 2.18. The van der Waals surface area contributed by atoms with Gasteiger partial charge in [0.05, 0.1) is 6.04 Å². The molecule has 1 unspecified atom stereocenters. The number of carbonyl (C=O) groups excluding carboxylic acids is 1. The van der Waals surface area contributed by atoms with Crippen molar-refractivity contribution in [2.75, 3.05) is 18.1 Å². The van der Waals surface area contributed by atoms with Crippen LogP contribution in [0.1, 0.15) is 24.9 Å². The fraction of sp³-hybridized carbons (Fsp3) is 0.500. The molecule has 1 aliphatic rings. The topological polar surface area (TPSA) is 41.1 Å². The second-order valence-electron chi connectivity index (χ2n) is 4.77. The number of benzene rings is 1. The lowest BCUT2D eigenvalue weighted by Gasteiger charge is -2.23. The van der Waals surface area contributed by atoms with Gasteiger partial charge in [-0.3, -0.25) is 4.79 Å². The fourth-order valence-corrected chi connectivity index (χ4v) is 3.50. The molecule has 1 aliphatic heterocycles. The van der Waals surface area contributed by atoms with Crippen molar-refractivity contribution in [1.29, 1.82) is 0 Å². The van der Waals surface area contributed by atoms with E-state index in [4.69, 9.17) is 0 Å². The minimum Gasteiger partial charge on any atom is -0.350 e. The zero-order valence-electron chi connectivity index (χ0n) is 11.0. The van der Waals surface area contributed by atoms with E-state index in [-0.39, 0.29) is 11.9 Å². The molecule has 1 amide bonds. The maximum atomic E-state index is 12.0. The summed E-state index contributed by atoms with van der Waals surface area (Å²) in [6, 6.07) is 8.40. The quantitative estimate of drug-likeness (QED) is 0.883. The van der Waals surface area contributed by atoms with Crippen molar-refractivity contribution < 1.29 is 4.79 Å². The van der Waals surface area contributed by atoms with E-state index in [0.29, 0.717) is 12.5 Å². The van der Waals surface area contributed by atoms with Gasteiger partial charge in [0, 0.05) is 35.0 Å². The van der Waals surface area contributed by atoms with Crippen LogP contribution in [0, 0.1) is 0 Å². The molecule has 5 heteroatoms. The number of hydrogen-bond donors (Lipinski definition) is 2. The SMILES string of the molecule is C[C@H](NC(=O)CC1CSCCN1)c1cccc(Br)c1. The molecule has 0 aliphatic carbocycles. The third kappa shape index (κ3) is 4.82. The van der Waals surface area contributed by atoms with Crippen LogP contribution in [0.5, 0.6) is 0 Å². The van der Waals surface area contributed by atoms with Gasteiger partial charge >= 0.3 is 0 Å². The Morgan fingerprint density at radius 1 is 1.63 bits per heavy atom. The van der Waals surface area contributed by atoms with Crippen molar-refractivity contribution in [3.63, 3.8) is 0 Å². The number of carbonyl (C=O) groups is 1. The number of halogens is 1. The molecule has 0 aromatic heterocycles. The van der Waals surface area contributed by atoms with Crippen LogP contribution in [0.3, 0.4) is 0 Å². The predicted octanol–water partition coefficient (Wildman–Crippen LogP) is 2.72. The van der Waals surface area contributed by atoms with E-state index in [0.717, 1.165) is 28.1 Å². The van der Waals surface area contributed by atoms with Gasteiger partial charge in [0.25, 0.3) is 0 Å². The van der Waals surface area contributed by atoms with E-state index in [1.54, 1.807) is 0 Å². The standard InChI is InChI=1S/C14H19BrN2OS/c1-10(11-3-2-4-12(15)7-11)17-14(18)8-13-9-19-6-5-16-13/h2-4,7,10,13,16H,5-6,8-9H2,1H3,(H,17,18)/t10-,13?/m0/s1. The number of thioether (sulfide) groups is 1. The van der Waals surface area contributed by atoms with Crippen LogP contribution in [0.25, 0.3) is 0 Å². The van der Waals surface area contributed by atoms with E-state index < -0.39 is 0 Å². The van der Waals surface area contributed by atoms with Crippen LogP contribution in [-0.4, -0.2) is 30.0 Å². The first kappa shape index (κ1) is 14.9. The molecular formula is C14H19BrN2OS. The summed E-state index contributed by atoms with van der Waals surface area (Å²) in [4.78, 5) is 12.0. The molecule has 2 N–H and O–H groups in total. The van der Waals surface area contributed by atoms with Gasteiger partial charge in [-0.25, -0.2) is 0 Å². The normalized spacial score (nSPS) is 20.8. The van der Waals surface area contributed by atoms with Crippen molar-refractivity contribution in [3.05, 3.63) is 34.3 Å². The molecule has 1 heterocycles. The Hall–Kier alpha value is -0.520. The van der Waals surface area contributed by atoms with E-state index in [9.17, 15) is 4.79 Å². The number of amides is 1. The first-order chi connectivity index (χ1) is 9.15. The monoisotopic (exact) mass is 342 g/mol. The molecular weight excluding hydrogens is 324 g/mol. The highest BCUT2D eigenvalue weighted by molar-refractivity contribution is 9.10. The lowest BCUT2D eigenvalue weighted by molar-refractivity contribution is -0.122. The summed E-state index contributed by atoms with van der Waals surface area (Å²) in [5.41, 5.74) is 1.12. The zero-order valence-corrected chi connectivity index (χ0v) is 13.4. The molecule has 0 saturated carbocycles. The highest BCUT2D eigenvalue weighted by atomic mass is 79.9. The van der Waals surface area contributed by atoms with Crippen molar-refractivity contribution in [3.8, 4) is 0 Å². The maximum Gasteiger partial charge on any atom is 0.222 e. The zero-order chi connectivity index (χ0) is 13.7. The number of rotatable bonds is 4.